The van der Waals surface area contributed by atoms with Crippen LogP contribution in [0.3, 0.4) is 0 Å². The normalized spacial score (nSPS) is 14.0. The third-order valence-corrected chi connectivity index (χ3v) is 4.27. The van der Waals surface area contributed by atoms with Crippen molar-refractivity contribution in [2.45, 2.75) is 19.5 Å². The van der Waals surface area contributed by atoms with Gasteiger partial charge in [0.15, 0.2) is 0 Å². The molecule has 0 unspecified atom stereocenters. The molecular weight excluding hydrogens is 354 g/mol. The standard InChI is InChI=1S/C19H16F2N4O2/c1-11(15-4-2-12(8-22)6-16(15)21)23-18(26)10-25-9-13-7-14(20)3-5-17(13)24-19(25)27/h2-7,11H,9-10H2,1H3,(H,23,26)(H,24,27)/t11-/m0/s1. The summed E-state index contributed by atoms with van der Waals surface area (Å²) >= 11 is 0. The van der Waals surface area contributed by atoms with Crippen molar-refractivity contribution in [2.24, 2.45) is 0 Å². The number of hydrogen-bond donors (Lipinski definition) is 2. The first-order valence-electron chi connectivity index (χ1n) is 8.20. The summed E-state index contributed by atoms with van der Waals surface area (Å²) in [5.74, 6) is -1.51. The zero-order valence-electron chi connectivity index (χ0n) is 14.4. The summed E-state index contributed by atoms with van der Waals surface area (Å²) < 4.78 is 27.4. The summed E-state index contributed by atoms with van der Waals surface area (Å²) in [6, 6.07) is 8.73. The van der Waals surface area contributed by atoms with E-state index < -0.39 is 29.6 Å². The average molecular weight is 370 g/mol. The number of nitrogens with one attached hydrogen (secondary N) is 2. The molecule has 0 bridgehead atoms. The van der Waals surface area contributed by atoms with Crippen LogP contribution < -0.4 is 10.6 Å². The summed E-state index contributed by atoms with van der Waals surface area (Å²) in [5, 5.41) is 14.0. The lowest BCUT2D eigenvalue weighted by atomic mass is 10.1. The molecule has 1 atom stereocenters. The van der Waals surface area contributed by atoms with E-state index in [-0.39, 0.29) is 24.2 Å². The van der Waals surface area contributed by atoms with Crippen molar-refractivity contribution >= 4 is 17.6 Å². The Morgan fingerprint density at radius 2 is 2.11 bits per heavy atom. The molecule has 0 aromatic heterocycles. The molecule has 1 aliphatic heterocycles. The summed E-state index contributed by atoms with van der Waals surface area (Å²) in [5.41, 5.74) is 1.49. The Kier molecular flexibility index (Phi) is 5.03. The lowest BCUT2D eigenvalue weighted by molar-refractivity contribution is -0.122. The number of carbonyl (C=O) groups is 2. The molecule has 1 heterocycles. The molecule has 0 saturated heterocycles. The van der Waals surface area contributed by atoms with Crippen LogP contribution in [0.1, 0.15) is 29.7 Å². The van der Waals surface area contributed by atoms with Gasteiger partial charge in [0.25, 0.3) is 0 Å². The lowest BCUT2D eigenvalue weighted by Crippen LogP contribution is -2.45. The fourth-order valence-electron chi connectivity index (χ4n) is 2.90. The predicted molar refractivity (Wildman–Crippen MR) is 93.5 cm³/mol. The molecule has 0 spiro atoms. The Morgan fingerprint density at radius 3 is 2.81 bits per heavy atom. The number of benzene rings is 2. The summed E-state index contributed by atoms with van der Waals surface area (Å²) in [4.78, 5) is 25.6. The topological polar surface area (TPSA) is 85.2 Å². The van der Waals surface area contributed by atoms with Crippen molar-refractivity contribution in [3.63, 3.8) is 0 Å². The van der Waals surface area contributed by atoms with Gasteiger partial charge in [-0.25, -0.2) is 13.6 Å². The first-order chi connectivity index (χ1) is 12.9. The minimum absolute atomic E-state index is 0.0892. The largest absolute Gasteiger partial charge is 0.348 e. The number of nitrogens with zero attached hydrogens (tertiary/aromatic N) is 2. The quantitative estimate of drug-likeness (QED) is 0.867. The maximum Gasteiger partial charge on any atom is 0.322 e. The van der Waals surface area contributed by atoms with Gasteiger partial charge in [-0.05, 0) is 42.8 Å². The Balaban J connectivity index is 1.65. The van der Waals surface area contributed by atoms with Crippen molar-refractivity contribution in [3.05, 3.63) is 64.7 Å². The third kappa shape index (κ3) is 4.03. The first-order valence-corrected chi connectivity index (χ1v) is 8.20. The first kappa shape index (κ1) is 18.3. The fraction of sp³-hybridized carbons (Fsp3) is 0.211. The molecule has 3 rings (SSSR count). The Bertz CT molecular complexity index is 955. The van der Waals surface area contributed by atoms with Crippen molar-refractivity contribution in [3.8, 4) is 6.07 Å². The van der Waals surface area contributed by atoms with Gasteiger partial charge in [0.05, 0.1) is 24.2 Å². The summed E-state index contributed by atoms with van der Waals surface area (Å²) in [6.07, 6.45) is 0. The zero-order valence-corrected chi connectivity index (χ0v) is 14.4. The smallest absolute Gasteiger partial charge is 0.322 e. The van der Waals surface area contributed by atoms with Crippen LogP contribution in [0.2, 0.25) is 0 Å². The molecule has 1 aliphatic rings. The van der Waals surface area contributed by atoms with Gasteiger partial charge in [0, 0.05) is 11.3 Å². The van der Waals surface area contributed by atoms with Crippen LogP contribution in [0.25, 0.3) is 0 Å². The van der Waals surface area contributed by atoms with E-state index in [0.29, 0.717) is 11.3 Å². The van der Waals surface area contributed by atoms with Crippen LogP contribution in [0.5, 0.6) is 0 Å². The van der Waals surface area contributed by atoms with E-state index in [1.807, 2.05) is 6.07 Å². The predicted octanol–water partition coefficient (Wildman–Crippen LogP) is 3.06. The van der Waals surface area contributed by atoms with Gasteiger partial charge < -0.3 is 15.5 Å². The second kappa shape index (κ2) is 7.41. The highest BCUT2D eigenvalue weighted by Crippen LogP contribution is 2.24. The molecule has 0 radical (unpaired) electrons. The third-order valence-electron chi connectivity index (χ3n) is 4.27. The van der Waals surface area contributed by atoms with E-state index >= 15 is 0 Å². The van der Waals surface area contributed by atoms with E-state index in [1.54, 1.807) is 6.92 Å². The zero-order chi connectivity index (χ0) is 19.6. The minimum Gasteiger partial charge on any atom is -0.348 e. The molecular formula is C19H16F2N4O2. The number of fused-ring (bicyclic) bond motifs is 1. The fourth-order valence-corrected chi connectivity index (χ4v) is 2.90. The van der Waals surface area contributed by atoms with Crippen LogP contribution in [0.4, 0.5) is 19.3 Å². The van der Waals surface area contributed by atoms with Gasteiger partial charge in [-0.3, -0.25) is 4.79 Å². The number of halogens is 2. The molecule has 6 nitrogen and oxygen atoms in total. The number of urea groups is 1. The van der Waals surface area contributed by atoms with Gasteiger partial charge in [-0.2, -0.15) is 5.26 Å². The Morgan fingerprint density at radius 1 is 1.33 bits per heavy atom. The van der Waals surface area contributed by atoms with Gasteiger partial charge in [0.2, 0.25) is 5.91 Å². The molecule has 3 amide bonds. The number of hydrogen-bond acceptors (Lipinski definition) is 3. The van der Waals surface area contributed by atoms with E-state index in [2.05, 4.69) is 10.6 Å². The molecule has 0 aliphatic carbocycles. The molecule has 2 aromatic rings. The van der Waals surface area contributed by atoms with E-state index in [0.717, 1.165) is 6.07 Å². The Hall–Kier alpha value is -3.47. The molecule has 0 saturated carbocycles. The van der Waals surface area contributed by atoms with Gasteiger partial charge in [0.1, 0.15) is 18.2 Å². The molecule has 2 aromatic carbocycles. The molecule has 2 N–H and O–H groups in total. The lowest BCUT2D eigenvalue weighted by Gasteiger charge is -2.29. The van der Waals surface area contributed by atoms with Gasteiger partial charge >= 0.3 is 6.03 Å². The van der Waals surface area contributed by atoms with Crippen LogP contribution in [0, 0.1) is 23.0 Å². The molecule has 27 heavy (non-hydrogen) atoms. The number of rotatable bonds is 4. The number of anilines is 1. The highest BCUT2D eigenvalue weighted by molar-refractivity contribution is 5.94. The maximum atomic E-state index is 14.0. The second-order valence-electron chi connectivity index (χ2n) is 6.22. The van der Waals surface area contributed by atoms with Gasteiger partial charge in [-0.1, -0.05) is 6.07 Å². The van der Waals surface area contributed by atoms with E-state index in [9.17, 15) is 18.4 Å². The number of amides is 3. The van der Waals surface area contributed by atoms with Crippen molar-refractivity contribution < 1.29 is 18.4 Å². The maximum absolute atomic E-state index is 14.0. The monoisotopic (exact) mass is 370 g/mol. The number of carbonyl (C=O) groups excluding carboxylic acids is 2. The molecule has 8 heteroatoms. The van der Waals surface area contributed by atoms with Crippen LogP contribution in [0.15, 0.2) is 36.4 Å². The second-order valence-corrected chi connectivity index (χ2v) is 6.22. The summed E-state index contributed by atoms with van der Waals surface area (Å²) in [7, 11) is 0. The van der Waals surface area contributed by atoms with Crippen molar-refractivity contribution in [1.29, 1.82) is 5.26 Å². The van der Waals surface area contributed by atoms with Crippen LogP contribution in [-0.2, 0) is 11.3 Å². The van der Waals surface area contributed by atoms with Crippen LogP contribution >= 0.6 is 0 Å². The molecule has 138 valence electrons. The van der Waals surface area contributed by atoms with Gasteiger partial charge in [-0.15, -0.1) is 0 Å². The average Bonchev–Trinajstić information content (AvgIpc) is 2.62. The van der Waals surface area contributed by atoms with Crippen molar-refractivity contribution in [1.82, 2.24) is 10.2 Å². The summed E-state index contributed by atoms with van der Waals surface area (Å²) in [6.45, 7) is 1.43. The SMILES string of the molecule is C[C@H](NC(=O)CN1Cc2cc(F)ccc2NC1=O)c1ccc(C#N)cc1F. The van der Waals surface area contributed by atoms with Crippen molar-refractivity contribution in [2.75, 3.05) is 11.9 Å². The van der Waals surface area contributed by atoms with Crippen LogP contribution in [-0.4, -0.2) is 23.4 Å². The highest BCUT2D eigenvalue weighted by atomic mass is 19.1. The Labute approximate surface area is 154 Å². The molecule has 0 fully saturated rings. The van der Waals surface area contributed by atoms with E-state index in [4.69, 9.17) is 5.26 Å². The van der Waals surface area contributed by atoms with E-state index in [1.165, 1.54) is 35.2 Å². The minimum atomic E-state index is -0.650. The number of nitriles is 1. The highest BCUT2D eigenvalue weighted by Gasteiger charge is 2.25.